The minimum Gasteiger partial charge on any atom is -0.462 e. The zero-order valence-electron chi connectivity index (χ0n) is 14.0. The van der Waals surface area contributed by atoms with E-state index in [-0.39, 0.29) is 5.97 Å². The number of carbonyl (C=O) groups excluding carboxylic acids is 1. The lowest BCUT2D eigenvalue weighted by Crippen LogP contribution is -2.04. The van der Waals surface area contributed by atoms with E-state index in [1.165, 1.54) is 0 Å². The van der Waals surface area contributed by atoms with Crippen molar-refractivity contribution in [3.8, 4) is 11.1 Å². The Morgan fingerprint density at radius 1 is 1.12 bits per heavy atom. The average Bonchev–Trinajstić information content (AvgIpc) is 3.09. The number of nitrogens with zero attached hydrogens (tertiary/aromatic N) is 2. The summed E-state index contributed by atoms with van der Waals surface area (Å²) >= 11 is 0. The van der Waals surface area contributed by atoms with Crippen LogP contribution in [0.4, 0.5) is 0 Å². The molecule has 1 N–H and O–H groups in total. The standard InChI is InChI=1S/C20H17N3O2/c1-3-25-20(24)13-7-8-18-16(10-13)15(9-12(2)22-18)14-5-4-6-19-17(14)11-21-23-19/h4-11H,3H2,1-2H3,(H,21,23). The summed E-state index contributed by atoms with van der Waals surface area (Å²) in [4.78, 5) is 16.7. The number of esters is 1. The lowest BCUT2D eigenvalue weighted by Gasteiger charge is -2.11. The smallest absolute Gasteiger partial charge is 0.338 e. The van der Waals surface area contributed by atoms with Gasteiger partial charge in [0.15, 0.2) is 0 Å². The van der Waals surface area contributed by atoms with Gasteiger partial charge in [-0.3, -0.25) is 10.1 Å². The van der Waals surface area contributed by atoms with Crippen molar-refractivity contribution in [1.82, 2.24) is 15.2 Å². The van der Waals surface area contributed by atoms with Gasteiger partial charge in [0.2, 0.25) is 0 Å². The number of ether oxygens (including phenoxy) is 1. The van der Waals surface area contributed by atoms with Crippen molar-refractivity contribution in [1.29, 1.82) is 0 Å². The molecule has 0 amide bonds. The highest BCUT2D eigenvalue weighted by molar-refractivity contribution is 6.05. The molecule has 5 heteroatoms. The highest BCUT2D eigenvalue weighted by Crippen LogP contribution is 2.33. The first kappa shape index (κ1) is 15.3. The van der Waals surface area contributed by atoms with E-state index in [2.05, 4.69) is 21.2 Å². The van der Waals surface area contributed by atoms with Gasteiger partial charge in [-0.2, -0.15) is 5.10 Å². The van der Waals surface area contributed by atoms with Crippen LogP contribution in [0.3, 0.4) is 0 Å². The first-order chi connectivity index (χ1) is 12.2. The fourth-order valence-corrected chi connectivity index (χ4v) is 3.13. The van der Waals surface area contributed by atoms with E-state index in [1.54, 1.807) is 13.0 Å². The van der Waals surface area contributed by atoms with Gasteiger partial charge in [-0.1, -0.05) is 12.1 Å². The molecular weight excluding hydrogens is 314 g/mol. The lowest BCUT2D eigenvalue weighted by atomic mass is 9.96. The van der Waals surface area contributed by atoms with E-state index < -0.39 is 0 Å². The van der Waals surface area contributed by atoms with Crippen molar-refractivity contribution in [3.05, 3.63) is 59.9 Å². The molecule has 4 aromatic rings. The van der Waals surface area contributed by atoms with Gasteiger partial charge in [0, 0.05) is 16.5 Å². The van der Waals surface area contributed by atoms with Crippen molar-refractivity contribution in [2.24, 2.45) is 0 Å². The second-order valence-corrected chi connectivity index (χ2v) is 5.90. The molecule has 2 heterocycles. The monoisotopic (exact) mass is 331 g/mol. The summed E-state index contributed by atoms with van der Waals surface area (Å²) in [7, 11) is 0. The number of pyridine rings is 1. The van der Waals surface area contributed by atoms with Crippen LogP contribution < -0.4 is 0 Å². The van der Waals surface area contributed by atoms with Gasteiger partial charge in [-0.05, 0) is 55.3 Å². The number of H-pyrrole nitrogens is 1. The fourth-order valence-electron chi connectivity index (χ4n) is 3.13. The van der Waals surface area contributed by atoms with Gasteiger partial charge in [0.25, 0.3) is 0 Å². The molecule has 4 rings (SSSR count). The topological polar surface area (TPSA) is 67.9 Å². The molecule has 5 nitrogen and oxygen atoms in total. The quantitative estimate of drug-likeness (QED) is 0.569. The summed E-state index contributed by atoms with van der Waals surface area (Å²) in [6.07, 6.45) is 1.82. The van der Waals surface area contributed by atoms with Crippen molar-refractivity contribution in [3.63, 3.8) is 0 Å². The van der Waals surface area contributed by atoms with Crippen LogP contribution >= 0.6 is 0 Å². The van der Waals surface area contributed by atoms with Crippen molar-refractivity contribution >= 4 is 27.8 Å². The number of aromatic nitrogens is 3. The van der Waals surface area contributed by atoms with Gasteiger partial charge in [0.1, 0.15) is 0 Å². The summed E-state index contributed by atoms with van der Waals surface area (Å²) in [6, 6.07) is 13.6. The molecule has 0 spiro atoms. The Morgan fingerprint density at radius 2 is 2.00 bits per heavy atom. The normalized spacial score (nSPS) is 11.1. The second kappa shape index (κ2) is 6.02. The van der Waals surface area contributed by atoms with Crippen LogP contribution in [0.25, 0.3) is 32.9 Å². The number of rotatable bonds is 3. The summed E-state index contributed by atoms with van der Waals surface area (Å²) in [5.41, 5.74) is 5.36. The van der Waals surface area contributed by atoms with Gasteiger partial charge in [-0.25, -0.2) is 4.79 Å². The minimum absolute atomic E-state index is 0.322. The van der Waals surface area contributed by atoms with Crippen molar-refractivity contribution in [2.45, 2.75) is 13.8 Å². The van der Waals surface area contributed by atoms with E-state index in [0.29, 0.717) is 12.2 Å². The molecule has 124 valence electrons. The van der Waals surface area contributed by atoms with Crippen LogP contribution in [0.5, 0.6) is 0 Å². The predicted octanol–water partition coefficient (Wildman–Crippen LogP) is 4.26. The van der Waals surface area contributed by atoms with E-state index in [9.17, 15) is 4.79 Å². The Hall–Kier alpha value is -3.21. The molecule has 25 heavy (non-hydrogen) atoms. The molecule has 0 aliphatic carbocycles. The van der Waals surface area contributed by atoms with Crippen LogP contribution in [0.1, 0.15) is 23.0 Å². The highest BCUT2D eigenvalue weighted by Gasteiger charge is 2.14. The number of aryl methyl sites for hydroxylation is 1. The number of nitrogens with one attached hydrogen (secondary N) is 1. The zero-order chi connectivity index (χ0) is 17.4. The molecule has 0 radical (unpaired) electrons. The third-order valence-electron chi connectivity index (χ3n) is 4.22. The van der Waals surface area contributed by atoms with Gasteiger partial charge >= 0.3 is 5.97 Å². The minimum atomic E-state index is -0.322. The molecular formula is C20H17N3O2. The van der Waals surface area contributed by atoms with Crippen molar-refractivity contribution in [2.75, 3.05) is 6.61 Å². The van der Waals surface area contributed by atoms with Gasteiger partial charge in [-0.15, -0.1) is 0 Å². The molecule has 0 unspecified atom stereocenters. The number of benzene rings is 2. The van der Waals surface area contributed by atoms with Gasteiger partial charge < -0.3 is 4.74 Å². The zero-order valence-corrected chi connectivity index (χ0v) is 14.0. The summed E-state index contributed by atoms with van der Waals surface area (Å²) < 4.78 is 5.13. The Bertz CT molecular complexity index is 1100. The molecule has 0 atom stereocenters. The third-order valence-corrected chi connectivity index (χ3v) is 4.22. The van der Waals surface area contributed by atoms with Crippen LogP contribution in [0.2, 0.25) is 0 Å². The van der Waals surface area contributed by atoms with E-state index in [1.807, 2.05) is 43.5 Å². The number of aromatic amines is 1. The Labute approximate surface area is 144 Å². The Morgan fingerprint density at radius 3 is 2.84 bits per heavy atom. The molecule has 2 aromatic carbocycles. The molecule has 2 aromatic heterocycles. The van der Waals surface area contributed by atoms with Crippen LogP contribution in [-0.2, 0) is 4.74 Å². The molecule has 0 saturated carbocycles. The highest BCUT2D eigenvalue weighted by atomic mass is 16.5. The lowest BCUT2D eigenvalue weighted by molar-refractivity contribution is 0.0526. The van der Waals surface area contributed by atoms with Crippen LogP contribution in [-0.4, -0.2) is 27.8 Å². The van der Waals surface area contributed by atoms with Crippen molar-refractivity contribution < 1.29 is 9.53 Å². The van der Waals surface area contributed by atoms with Crippen LogP contribution in [0.15, 0.2) is 48.7 Å². The maximum Gasteiger partial charge on any atom is 0.338 e. The number of fused-ring (bicyclic) bond motifs is 2. The van der Waals surface area contributed by atoms with E-state index in [0.717, 1.165) is 38.6 Å². The predicted molar refractivity (Wildman–Crippen MR) is 97.5 cm³/mol. The van der Waals surface area contributed by atoms with E-state index in [4.69, 9.17) is 4.74 Å². The molecule has 0 bridgehead atoms. The maximum atomic E-state index is 12.1. The van der Waals surface area contributed by atoms with Gasteiger partial charge in [0.05, 0.1) is 29.4 Å². The Kier molecular flexibility index (Phi) is 3.69. The molecule has 0 saturated heterocycles. The third kappa shape index (κ3) is 2.63. The number of hydrogen-bond acceptors (Lipinski definition) is 4. The Balaban J connectivity index is 2.00. The first-order valence-corrected chi connectivity index (χ1v) is 8.18. The summed E-state index contributed by atoms with van der Waals surface area (Å²) in [5.74, 6) is -0.322. The second-order valence-electron chi connectivity index (χ2n) is 5.90. The first-order valence-electron chi connectivity index (χ1n) is 8.18. The van der Waals surface area contributed by atoms with E-state index >= 15 is 0 Å². The number of hydrogen-bond donors (Lipinski definition) is 1. The fraction of sp³-hybridized carbons (Fsp3) is 0.150. The molecule has 0 aliphatic rings. The summed E-state index contributed by atoms with van der Waals surface area (Å²) in [6.45, 7) is 4.12. The molecule has 0 fully saturated rings. The number of carbonyl (C=O) groups is 1. The summed E-state index contributed by atoms with van der Waals surface area (Å²) in [5, 5.41) is 9.10. The van der Waals surface area contributed by atoms with Crippen LogP contribution in [0, 0.1) is 6.92 Å². The largest absolute Gasteiger partial charge is 0.462 e. The average molecular weight is 331 g/mol. The SMILES string of the molecule is CCOC(=O)c1ccc2nc(C)cc(-c3cccc4[nH]ncc34)c2c1. The molecule has 0 aliphatic heterocycles. The maximum absolute atomic E-state index is 12.1.